The predicted molar refractivity (Wildman–Crippen MR) is 120 cm³/mol. The SMILES string of the molecule is O=C(Nc1ccccc1F)c1ccc(N[C@@H]2CC3CN(CC4CCOCC4)C[C@H]3C2)nn1. The highest BCUT2D eigenvalue weighted by atomic mass is 19.1. The summed E-state index contributed by atoms with van der Waals surface area (Å²) in [5.74, 6) is 1.99. The Hall–Kier alpha value is -2.58. The van der Waals surface area contributed by atoms with Crippen molar-refractivity contribution in [1.29, 1.82) is 0 Å². The maximum atomic E-state index is 13.7. The Balaban J connectivity index is 1.10. The molecule has 32 heavy (non-hydrogen) atoms. The Labute approximate surface area is 187 Å². The van der Waals surface area contributed by atoms with Gasteiger partial charge in [0.25, 0.3) is 5.91 Å². The van der Waals surface area contributed by atoms with Gasteiger partial charge in [0.05, 0.1) is 5.69 Å². The molecule has 0 bridgehead atoms. The van der Waals surface area contributed by atoms with E-state index in [0.717, 1.165) is 43.8 Å². The lowest BCUT2D eigenvalue weighted by Gasteiger charge is -2.27. The number of para-hydroxylation sites is 1. The Morgan fingerprint density at radius 1 is 1.06 bits per heavy atom. The zero-order valence-corrected chi connectivity index (χ0v) is 18.2. The number of carbonyl (C=O) groups excluding carboxylic acids is 1. The normalized spacial score (nSPS) is 26.1. The zero-order chi connectivity index (χ0) is 21.9. The molecule has 7 nitrogen and oxygen atoms in total. The first kappa shape index (κ1) is 21.3. The monoisotopic (exact) mass is 439 g/mol. The Morgan fingerprint density at radius 2 is 1.81 bits per heavy atom. The molecular weight excluding hydrogens is 409 g/mol. The predicted octanol–water partition coefficient (Wildman–Crippen LogP) is 3.42. The number of nitrogens with zero attached hydrogens (tertiary/aromatic N) is 3. The number of anilines is 2. The standard InChI is InChI=1S/C24H30FN5O2/c25-20-3-1-2-4-21(20)27-24(31)22-5-6-23(29-28-22)26-19-11-17-14-30(15-18(17)12-19)13-16-7-9-32-10-8-16/h1-6,16-19H,7-15H2,(H,26,29)(H,27,31)/t17-,18?,19+/m1/s1. The molecule has 2 N–H and O–H groups in total. The molecule has 0 spiro atoms. The molecule has 2 aromatic rings. The van der Waals surface area contributed by atoms with Crippen LogP contribution in [-0.2, 0) is 4.74 Å². The van der Waals surface area contributed by atoms with Gasteiger partial charge in [-0.15, -0.1) is 10.2 Å². The van der Waals surface area contributed by atoms with Crippen LogP contribution in [0.2, 0.25) is 0 Å². The Kier molecular flexibility index (Phi) is 6.32. The fourth-order valence-electron chi connectivity index (χ4n) is 5.45. The number of likely N-dealkylation sites (tertiary alicyclic amines) is 1. The van der Waals surface area contributed by atoms with Crippen molar-refractivity contribution in [3.8, 4) is 0 Å². The number of carbonyl (C=O) groups is 1. The molecule has 0 radical (unpaired) electrons. The van der Waals surface area contributed by atoms with Crippen LogP contribution in [0.3, 0.4) is 0 Å². The number of amides is 1. The second kappa shape index (κ2) is 9.50. The van der Waals surface area contributed by atoms with Crippen LogP contribution < -0.4 is 10.6 Å². The summed E-state index contributed by atoms with van der Waals surface area (Å²) in [4.78, 5) is 15.0. The highest BCUT2D eigenvalue weighted by Crippen LogP contribution is 2.39. The van der Waals surface area contributed by atoms with Crippen LogP contribution in [0.25, 0.3) is 0 Å². The van der Waals surface area contributed by atoms with Crippen LogP contribution in [0.15, 0.2) is 36.4 Å². The van der Waals surface area contributed by atoms with Crippen LogP contribution in [0.5, 0.6) is 0 Å². The number of benzene rings is 1. The molecule has 5 rings (SSSR count). The lowest BCUT2D eigenvalue weighted by Crippen LogP contribution is -2.32. The molecule has 1 unspecified atom stereocenters. The second-order valence-corrected chi connectivity index (χ2v) is 9.34. The lowest BCUT2D eigenvalue weighted by molar-refractivity contribution is 0.0545. The molecule has 1 aromatic carbocycles. The Bertz CT molecular complexity index is 920. The van der Waals surface area contributed by atoms with E-state index in [1.165, 1.54) is 44.6 Å². The molecule has 3 aliphatic rings. The number of aromatic nitrogens is 2. The van der Waals surface area contributed by atoms with Crippen molar-refractivity contribution >= 4 is 17.4 Å². The van der Waals surface area contributed by atoms with Crippen molar-refractivity contribution in [3.05, 3.63) is 47.9 Å². The molecule has 8 heteroatoms. The van der Waals surface area contributed by atoms with Crippen molar-refractivity contribution in [2.24, 2.45) is 17.8 Å². The van der Waals surface area contributed by atoms with Gasteiger partial charge in [0.2, 0.25) is 0 Å². The Morgan fingerprint density at radius 3 is 2.50 bits per heavy atom. The summed E-state index contributed by atoms with van der Waals surface area (Å²) in [6.45, 7) is 5.45. The van der Waals surface area contributed by atoms with E-state index in [1.54, 1.807) is 24.3 Å². The second-order valence-electron chi connectivity index (χ2n) is 9.34. The van der Waals surface area contributed by atoms with Gasteiger partial charge in [-0.3, -0.25) is 4.79 Å². The van der Waals surface area contributed by atoms with Gasteiger partial charge in [0.1, 0.15) is 11.6 Å². The number of ether oxygens (including phenoxy) is 1. The van der Waals surface area contributed by atoms with Crippen molar-refractivity contribution in [2.75, 3.05) is 43.5 Å². The molecule has 1 aliphatic carbocycles. The number of nitrogens with one attached hydrogen (secondary N) is 2. The summed E-state index contributed by atoms with van der Waals surface area (Å²) in [5.41, 5.74) is 0.288. The number of hydrogen-bond donors (Lipinski definition) is 2. The van der Waals surface area contributed by atoms with E-state index in [1.807, 2.05) is 0 Å². The molecule has 1 aromatic heterocycles. The highest BCUT2D eigenvalue weighted by Gasteiger charge is 2.41. The fraction of sp³-hybridized carbons (Fsp3) is 0.542. The number of fused-ring (bicyclic) bond motifs is 1. The maximum Gasteiger partial charge on any atom is 0.276 e. The van der Waals surface area contributed by atoms with Gasteiger partial charge in [-0.1, -0.05) is 12.1 Å². The van der Waals surface area contributed by atoms with E-state index in [0.29, 0.717) is 11.9 Å². The van der Waals surface area contributed by atoms with Gasteiger partial charge in [-0.25, -0.2) is 4.39 Å². The number of hydrogen-bond acceptors (Lipinski definition) is 6. The third kappa shape index (κ3) is 4.91. The topological polar surface area (TPSA) is 79.4 Å². The van der Waals surface area contributed by atoms with Gasteiger partial charge in [-0.2, -0.15) is 0 Å². The van der Waals surface area contributed by atoms with Crippen molar-refractivity contribution in [2.45, 2.75) is 31.7 Å². The van der Waals surface area contributed by atoms with Crippen LogP contribution >= 0.6 is 0 Å². The molecule has 1 amide bonds. The molecule has 2 saturated heterocycles. The van der Waals surface area contributed by atoms with Crippen LogP contribution in [0.1, 0.15) is 36.2 Å². The summed E-state index contributed by atoms with van der Waals surface area (Å²) >= 11 is 0. The average Bonchev–Trinajstić information content (AvgIpc) is 3.34. The van der Waals surface area contributed by atoms with Crippen molar-refractivity contribution in [3.63, 3.8) is 0 Å². The molecule has 1 saturated carbocycles. The zero-order valence-electron chi connectivity index (χ0n) is 18.2. The van der Waals surface area contributed by atoms with Crippen LogP contribution in [0.4, 0.5) is 15.9 Å². The molecule has 3 fully saturated rings. The summed E-state index contributed by atoms with van der Waals surface area (Å²) in [6, 6.07) is 9.84. The summed E-state index contributed by atoms with van der Waals surface area (Å²) in [5, 5.41) is 14.2. The third-order valence-electron chi connectivity index (χ3n) is 7.06. The minimum atomic E-state index is -0.481. The van der Waals surface area contributed by atoms with E-state index in [9.17, 15) is 9.18 Å². The molecule has 170 valence electrons. The molecular formula is C24H30FN5O2. The summed E-state index contributed by atoms with van der Waals surface area (Å²) in [7, 11) is 0. The van der Waals surface area contributed by atoms with Gasteiger partial charge < -0.3 is 20.3 Å². The first-order valence-electron chi connectivity index (χ1n) is 11.6. The van der Waals surface area contributed by atoms with Gasteiger partial charge in [0, 0.05) is 38.9 Å². The number of halogens is 1. The van der Waals surface area contributed by atoms with Crippen molar-refractivity contribution < 1.29 is 13.9 Å². The minimum absolute atomic E-state index is 0.130. The summed E-state index contributed by atoms with van der Waals surface area (Å²) < 4.78 is 19.2. The quantitative estimate of drug-likeness (QED) is 0.718. The molecule has 3 atom stereocenters. The van der Waals surface area contributed by atoms with Gasteiger partial charge in [0.15, 0.2) is 5.69 Å². The maximum absolute atomic E-state index is 13.7. The van der Waals surface area contributed by atoms with Crippen molar-refractivity contribution in [1.82, 2.24) is 15.1 Å². The number of rotatable bonds is 6. The van der Waals surface area contributed by atoms with Gasteiger partial charge >= 0.3 is 0 Å². The minimum Gasteiger partial charge on any atom is -0.381 e. The smallest absolute Gasteiger partial charge is 0.276 e. The van der Waals surface area contributed by atoms with E-state index in [4.69, 9.17) is 4.74 Å². The van der Waals surface area contributed by atoms with Crippen LogP contribution in [-0.4, -0.2) is 59.9 Å². The van der Waals surface area contributed by atoms with E-state index in [2.05, 4.69) is 25.7 Å². The van der Waals surface area contributed by atoms with E-state index < -0.39 is 11.7 Å². The lowest BCUT2D eigenvalue weighted by atomic mass is 10.00. The van der Waals surface area contributed by atoms with E-state index in [-0.39, 0.29) is 11.4 Å². The van der Waals surface area contributed by atoms with Gasteiger partial charge in [-0.05, 0) is 67.7 Å². The fourth-order valence-corrected chi connectivity index (χ4v) is 5.45. The first-order valence-corrected chi connectivity index (χ1v) is 11.6. The highest BCUT2D eigenvalue weighted by molar-refractivity contribution is 6.02. The van der Waals surface area contributed by atoms with Crippen LogP contribution in [0, 0.1) is 23.6 Å². The first-order chi connectivity index (χ1) is 15.6. The molecule has 3 heterocycles. The average molecular weight is 440 g/mol. The molecule has 2 aliphatic heterocycles. The summed E-state index contributed by atoms with van der Waals surface area (Å²) in [6.07, 6.45) is 4.68. The van der Waals surface area contributed by atoms with E-state index >= 15 is 0 Å². The third-order valence-corrected chi connectivity index (χ3v) is 7.06. The largest absolute Gasteiger partial charge is 0.381 e.